The van der Waals surface area contributed by atoms with Crippen molar-refractivity contribution in [1.82, 2.24) is 20.4 Å². The van der Waals surface area contributed by atoms with Crippen molar-refractivity contribution in [3.8, 4) is 5.75 Å². The Kier molecular flexibility index (Phi) is 9.25. The van der Waals surface area contributed by atoms with E-state index in [1.54, 1.807) is 0 Å². The topological polar surface area (TPSA) is 119 Å². The maximum atomic E-state index is 12.4. The fraction of sp³-hybridized carbons (Fsp3) is 0.217. The lowest BCUT2D eigenvalue weighted by Crippen LogP contribution is -2.17. The average molecular weight is 581 g/mol. The second kappa shape index (κ2) is 12.8. The lowest BCUT2D eigenvalue weighted by Gasteiger charge is -2.09. The molecule has 4 rings (SSSR count). The zero-order valence-corrected chi connectivity index (χ0v) is 21.8. The minimum absolute atomic E-state index is 0.152. The van der Waals surface area contributed by atoms with Gasteiger partial charge >= 0.3 is 6.36 Å². The number of carbonyl (C=O) groups is 2. The van der Waals surface area contributed by atoms with E-state index in [9.17, 15) is 22.8 Å². The number of hydrogen-bond acceptors (Lipinski definition) is 10. The summed E-state index contributed by atoms with van der Waals surface area (Å²) in [6, 6.07) is 14.6. The summed E-state index contributed by atoms with van der Waals surface area (Å²) in [6.45, 7) is 0. The van der Waals surface area contributed by atoms with Gasteiger partial charge in [-0.25, -0.2) is 0 Å². The number of nitrogens with one attached hydrogen (secondary N) is 2. The molecule has 15 heteroatoms. The normalized spacial score (nSPS) is 11.2. The molecule has 9 nitrogen and oxygen atoms in total. The van der Waals surface area contributed by atoms with E-state index in [0.717, 1.165) is 17.7 Å². The number of halogens is 3. The second-order valence-corrected chi connectivity index (χ2v) is 11.0. The summed E-state index contributed by atoms with van der Waals surface area (Å²) in [5.41, 5.74) is 1.26. The molecule has 0 spiro atoms. The Morgan fingerprint density at radius 1 is 0.842 bits per heavy atom. The molecule has 0 aliphatic rings. The van der Waals surface area contributed by atoms with Crippen molar-refractivity contribution >= 4 is 56.5 Å². The molecule has 0 atom stereocenters. The lowest BCUT2D eigenvalue weighted by molar-refractivity contribution is -0.274. The molecule has 2 aromatic carbocycles. The maximum Gasteiger partial charge on any atom is 0.573 e. The van der Waals surface area contributed by atoms with Gasteiger partial charge in [-0.3, -0.25) is 9.59 Å². The van der Waals surface area contributed by atoms with Gasteiger partial charge in [0, 0.05) is 12.2 Å². The minimum Gasteiger partial charge on any atom is -0.406 e. The number of thioether (sulfide) groups is 1. The maximum absolute atomic E-state index is 12.4. The van der Waals surface area contributed by atoms with Gasteiger partial charge in [-0.15, -0.1) is 33.6 Å². The number of aryl methyl sites for hydroxylation is 1. The van der Waals surface area contributed by atoms with Crippen LogP contribution < -0.4 is 15.4 Å². The van der Waals surface area contributed by atoms with Gasteiger partial charge in [0.05, 0.1) is 12.8 Å². The van der Waals surface area contributed by atoms with E-state index in [2.05, 4.69) is 35.8 Å². The van der Waals surface area contributed by atoms with E-state index in [1.807, 2.05) is 30.3 Å². The van der Waals surface area contributed by atoms with Crippen molar-refractivity contribution in [2.45, 2.75) is 30.0 Å². The van der Waals surface area contributed by atoms with Gasteiger partial charge in [0.1, 0.15) is 10.8 Å². The Morgan fingerprint density at radius 3 is 2.24 bits per heavy atom. The molecule has 2 aromatic heterocycles. The van der Waals surface area contributed by atoms with E-state index >= 15 is 0 Å². The largest absolute Gasteiger partial charge is 0.573 e. The van der Waals surface area contributed by atoms with Crippen LogP contribution in [0.25, 0.3) is 0 Å². The summed E-state index contributed by atoms with van der Waals surface area (Å²) in [7, 11) is 0. The summed E-state index contributed by atoms with van der Waals surface area (Å²) in [6.07, 6.45) is -4.15. The SMILES string of the molecule is O=C(Cc1cccc(OC(F)(F)F)c1)Nc1nnc(CCSc2nnc(NC(=O)Cc3ccccc3)s2)s1. The Labute approximate surface area is 226 Å². The number of anilines is 2. The predicted octanol–water partition coefficient (Wildman–Crippen LogP) is 4.99. The number of carbonyl (C=O) groups excluding carboxylic acids is 2. The molecule has 198 valence electrons. The molecule has 0 saturated carbocycles. The first-order valence-electron chi connectivity index (χ1n) is 11.0. The number of rotatable bonds is 11. The van der Waals surface area contributed by atoms with Gasteiger partial charge in [-0.05, 0) is 23.3 Å². The molecule has 4 aromatic rings. The van der Waals surface area contributed by atoms with Crippen LogP contribution in [0.3, 0.4) is 0 Å². The quantitative estimate of drug-likeness (QED) is 0.188. The van der Waals surface area contributed by atoms with Gasteiger partial charge in [-0.1, -0.05) is 76.9 Å². The first-order valence-corrected chi connectivity index (χ1v) is 13.6. The predicted molar refractivity (Wildman–Crippen MR) is 138 cm³/mol. The Balaban J connectivity index is 1.19. The van der Waals surface area contributed by atoms with E-state index in [-0.39, 0.29) is 23.9 Å². The molecule has 2 amide bonds. The number of alkyl halides is 3. The third-order valence-corrected chi connectivity index (χ3v) is 7.48. The molecule has 2 heterocycles. The molecular formula is C23H19F3N6O3S3. The number of amides is 2. The monoisotopic (exact) mass is 580 g/mol. The van der Waals surface area contributed by atoms with Gasteiger partial charge in [0.25, 0.3) is 0 Å². The van der Waals surface area contributed by atoms with Gasteiger partial charge in [-0.2, -0.15) is 0 Å². The van der Waals surface area contributed by atoms with Gasteiger partial charge in [0.2, 0.25) is 22.1 Å². The van der Waals surface area contributed by atoms with E-state index in [4.69, 9.17) is 0 Å². The van der Waals surface area contributed by atoms with Crippen LogP contribution in [0, 0.1) is 0 Å². The summed E-state index contributed by atoms with van der Waals surface area (Å²) in [5, 5.41) is 22.8. The Bertz CT molecular complexity index is 1380. The summed E-state index contributed by atoms with van der Waals surface area (Å²) >= 11 is 3.93. The van der Waals surface area contributed by atoms with Crippen molar-refractivity contribution in [2.75, 3.05) is 16.4 Å². The third kappa shape index (κ3) is 9.08. The summed E-state index contributed by atoms with van der Waals surface area (Å²) in [5.74, 6) is -0.381. The first kappa shape index (κ1) is 27.5. The van der Waals surface area contributed by atoms with Gasteiger partial charge in [0.15, 0.2) is 4.34 Å². The molecule has 2 N–H and O–H groups in total. The van der Waals surface area contributed by atoms with E-state index in [1.165, 1.54) is 46.6 Å². The number of nitrogens with zero attached hydrogens (tertiary/aromatic N) is 4. The van der Waals surface area contributed by atoms with Crippen molar-refractivity contribution in [2.24, 2.45) is 0 Å². The smallest absolute Gasteiger partial charge is 0.406 e. The van der Waals surface area contributed by atoms with Crippen molar-refractivity contribution < 1.29 is 27.5 Å². The molecule has 0 fully saturated rings. The molecule has 0 unspecified atom stereocenters. The highest BCUT2D eigenvalue weighted by molar-refractivity contribution is 8.01. The molecule has 38 heavy (non-hydrogen) atoms. The summed E-state index contributed by atoms with van der Waals surface area (Å²) < 4.78 is 41.7. The van der Waals surface area contributed by atoms with E-state index < -0.39 is 18.0 Å². The fourth-order valence-corrected chi connectivity index (χ4v) is 5.76. The molecule has 0 bridgehead atoms. The van der Waals surface area contributed by atoms with Crippen LogP contribution in [0.15, 0.2) is 58.9 Å². The number of benzene rings is 2. The number of ether oxygens (including phenoxy) is 1. The third-order valence-electron chi connectivity index (χ3n) is 4.61. The van der Waals surface area contributed by atoms with Crippen LogP contribution in [-0.2, 0) is 28.9 Å². The van der Waals surface area contributed by atoms with Crippen molar-refractivity contribution in [1.29, 1.82) is 0 Å². The Morgan fingerprint density at radius 2 is 1.50 bits per heavy atom. The Hall–Kier alpha value is -3.56. The standard InChI is InChI=1S/C23H19F3N6O3S3/c24-23(25,26)35-16-8-4-7-15(11-16)13-18(34)27-20-30-29-19(37-20)9-10-36-22-32-31-21(38-22)28-17(33)12-14-5-2-1-3-6-14/h1-8,11H,9-10,12-13H2,(H,27,30,34)(H,28,31,33). The fourth-order valence-electron chi connectivity index (χ4n) is 3.10. The minimum atomic E-state index is -4.81. The zero-order chi connectivity index (χ0) is 27.0. The first-order chi connectivity index (χ1) is 18.2. The molecule has 0 aliphatic carbocycles. The summed E-state index contributed by atoms with van der Waals surface area (Å²) in [4.78, 5) is 24.5. The highest BCUT2D eigenvalue weighted by Crippen LogP contribution is 2.27. The van der Waals surface area contributed by atoms with Crippen LogP contribution in [-0.4, -0.2) is 44.3 Å². The zero-order valence-electron chi connectivity index (χ0n) is 19.4. The van der Waals surface area contributed by atoms with Crippen molar-refractivity contribution in [3.05, 3.63) is 70.7 Å². The molecule has 0 saturated heterocycles. The van der Waals surface area contributed by atoms with Crippen LogP contribution in [0.4, 0.5) is 23.4 Å². The number of hydrogen-bond donors (Lipinski definition) is 2. The molecule has 0 radical (unpaired) electrons. The van der Waals surface area contributed by atoms with Crippen molar-refractivity contribution in [3.63, 3.8) is 0 Å². The average Bonchev–Trinajstić information content (AvgIpc) is 3.48. The van der Waals surface area contributed by atoms with Crippen LogP contribution in [0.2, 0.25) is 0 Å². The van der Waals surface area contributed by atoms with Gasteiger partial charge < -0.3 is 15.4 Å². The van der Waals surface area contributed by atoms with Crippen LogP contribution >= 0.6 is 34.4 Å². The highest BCUT2D eigenvalue weighted by Gasteiger charge is 2.31. The lowest BCUT2D eigenvalue weighted by atomic mass is 10.1. The number of aromatic nitrogens is 4. The van der Waals surface area contributed by atoms with E-state index in [0.29, 0.717) is 32.2 Å². The molecule has 0 aliphatic heterocycles. The molecular weight excluding hydrogens is 561 g/mol. The van der Waals surface area contributed by atoms with Crippen LogP contribution in [0.5, 0.6) is 5.75 Å². The highest BCUT2D eigenvalue weighted by atomic mass is 32.2. The second-order valence-electron chi connectivity index (χ2n) is 7.60. The van der Waals surface area contributed by atoms with Crippen LogP contribution in [0.1, 0.15) is 16.1 Å².